The quantitative estimate of drug-likeness (QED) is 0.513. The maximum Gasteiger partial charge on any atom is 0.242 e. The summed E-state index contributed by atoms with van der Waals surface area (Å²) < 4.78 is 0. The van der Waals surface area contributed by atoms with Crippen LogP contribution in [0, 0.1) is 12.8 Å². The van der Waals surface area contributed by atoms with Gasteiger partial charge in [0.15, 0.2) is 0 Å². The van der Waals surface area contributed by atoms with Gasteiger partial charge in [0, 0.05) is 18.8 Å². The zero-order valence-electron chi connectivity index (χ0n) is 19.3. The molecular weight excluding hydrogens is 404 g/mol. The Labute approximate surface area is 191 Å². The van der Waals surface area contributed by atoms with Crippen LogP contribution in [-0.2, 0) is 21.8 Å². The van der Waals surface area contributed by atoms with Gasteiger partial charge in [-0.2, -0.15) is 0 Å². The molecular formula is C26H36N2O2S. The van der Waals surface area contributed by atoms with Crippen LogP contribution in [0.5, 0.6) is 0 Å². The minimum Gasteiger partial charge on any atom is -0.354 e. The second-order valence-corrected chi connectivity index (χ2v) is 9.35. The molecule has 0 fully saturated rings. The van der Waals surface area contributed by atoms with Crippen molar-refractivity contribution >= 4 is 23.6 Å². The highest BCUT2D eigenvalue weighted by Gasteiger charge is 2.28. The fraction of sp³-hybridized carbons (Fsp3) is 0.462. The third-order valence-corrected chi connectivity index (χ3v) is 6.16. The summed E-state index contributed by atoms with van der Waals surface area (Å²) in [5, 5.41) is 3.01. The van der Waals surface area contributed by atoms with E-state index in [0.717, 1.165) is 12.2 Å². The van der Waals surface area contributed by atoms with Gasteiger partial charge in [-0.05, 0) is 36.8 Å². The summed E-state index contributed by atoms with van der Waals surface area (Å²) >= 11 is 1.61. The van der Waals surface area contributed by atoms with Crippen LogP contribution in [0.25, 0.3) is 0 Å². The molecule has 31 heavy (non-hydrogen) atoms. The van der Waals surface area contributed by atoms with Crippen LogP contribution in [0.3, 0.4) is 0 Å². The van der Waals surface area contributed by atoms with Crippen molar-refractivity contribution in [2.24, 2.45) is 5.92 Å². The van der Waals surface area contributed by atoms with Crippen LogP contribution < -0.4 is 5.32 Å². The predicted molar refractivity (Wildman–Crippen MR) is 131 cm³/mol. The van der Waals surface area contributed by atoms with Crippen molar-refractivity contribution in [1.29, 1.82) is 0 Å². The van der Waals surface area contributed by atoms with Gasteiger partial charge in [0.2, 0.25) is 11.8 Å². The number of carbonyl (C=O) groups is 2. The molecule has 1 N–H and O–H groups in total. The lowest BCUT2D eigenvalue weighted by molar-refractivity contribution is -0.138. The number of carbonyl (C=O) groups excluding carboxylic acids is 2. The van der Waals surface area contributed by atoms with E-state index in [0.29, 0.717) is 31.2 Å². The summed E-state index contributed by atoms with van der Waals surface area (Å²) in [6.07, 6.45) is 1.34. The van der Waals surface area contributed by atoms with Gasteiger partial charge in [0.25, 0.3) is 0 Å². The van der Waals surface area contributed by atoms with Gasteiger partial charge < -0.3 is 10.2 Å². The Morgan fingerprint density at radius 1 is 1.00 bits per heavy atom. The topological polar surface area (TPSA) is 49.4 Å². The minimum atomic E-state index is -0.435. The molecule has 0 saturated heterocycles. The van der Waals surface area contributed by atoms with Crippen molar-refractivity contribution in [3.8, 4) is 0 Å². The average molecular weight is 441 g/mol. The number of amides is 2. The number of hydrogen-bond acceptors (Lipinski definition) is 3. The summed E-state index contributed by atoms with van der Waals surface area (Å²) in [5.74, 6) is 1.51. The van der Waals surface area contributed by atoms with Crippen molar-refractivity contribution < 1.29 is 9.59 Å². The van der Waals surface area contributed by atoms with Crippen LogP contribution in [0.1, 0.15) is 43.9 Å². The van der Waals surface area contributed by atoms with E-state index in [9.17, 15) is 9.59 Å². The van der Waals surface area contributed by atoms with Crippen LogP contribution in [0.15, 0.2) is 54.6 Å². The van der Waals surface area contributed by atoms with Crippen molar-refractivity contribution in [3.05, 3.63) is 71.3 Å². The van der Waals surface area contributed by atoms with Gasteiger partial charge in [-0.1, -0.05) is 80.9 Å². The third-order valence-electron chi connectivity index (χ3n) is 5.17. The minimum absolute atomic E-state index is 0.0274. The first-order chi connectivity index (χ1) is 14.9. The fourth-order valence-electron chi connectivity index (χ4n) is 3.34. The van der Waals surface area contributed by atoms with Crippen molar-refractivity contribution in [2.45, 2.75) is 52.3 Å². The first-order valence-corrected chi connectivity index (χ1v) is 12.3. The summed E-state index contributed by atoms with van der Waals surface area (Å²) in [7, 11) is 0. The highest BCUT2D eigenvalue weighted by atomic mass is 32.2. The Kier molecular flexibility index (Phi) is 10.6. The first kappa shape index (κ1) is 25.0. The lowest BCUT2D eigenvalue weighted by Gasteiger charge is -2.31. The van der Waals surface area contributed by atoms with Gasteiger partial charge in [-0.3, -0.25) is 9.59 Å². The molecule has 0 aliphatic carbocycles. The lowest BCUT2D eigenvalue weighted by atomic mass is 10.1. The zero-order valence-corrected chi connectivity index (χ0v) is 20.1. The summed E-state index contributed by atoms with van der Waals surface area (Å²) in [6, 6.07) is 18.1. The number of hydrogen-bond donors (Lipinski definition) is 1. The molecule has 168 valence electrons. The predicted octanol–water partition coefficient (Wildman–Crippen LogP) is 4.85. The third kappa shape index (κ3) is 8.78. The Hall–Kier alpha value is -2.27. The van der Waals surface area contributed by atoms with Crippen LogP contribution in [0.4, 0.5) is 0 Å². The molecule has 2 aromatic carbocycles. The van der Waals surface area contributed by atoms with Crippen molar-refractivity contribution in [1.82, 2.24) is 10.2 Å². The standard InChI is InChI=1S/C26H36N2O2S/c1-5-24(26(30)27-17-20(2)3)28(16-15-22-9-7-6-8-10-22)25(29)19-31-18-23-13-11-21(4)12-14-23/h6-14,20,24H,5,15-19H2,1-4H3,(H,27,30)/t24-/m0/s1. The molecule has 0 bridgehead atoms. The molecule has 0 unspecified atom stereocenters. The molecule has 4 nitrogen and oxygen atoms in total. The molecule has 0 aliphatic heterocycles. The van der Waals surface area contributed by atoms with Gasteiger partial charge >= 0.3 is 0 Å². The number of nitrogens with one attached hydrogen (secondary N) is 1. The van der Waals surface area contributed by atoms with Gasteiger partial charge in [0.05, 0.1) is 5.75 Å². The zero-order chi connectivity index (χ0) is 22.6. The van der Waals surface area contributed by atoms with Crippen molar-refractivity contribution in [2.75, 3.05) is 18.8 Å². The molecule has 0 aromatic heterocycles. The highest BCUT2D eigenvalue weighted by Crippen LogP contribution is 2.16. The summed E-state index contributed by atoms with van der Waals surface area (Å²) in [5.41, 5.74) is 3.61. The van der Waals surface area contributed by atoms with E-state index in [1.807, 2.05) is 25.1 Å². The number of benzene rings is 2. The van der Waals surface area contributed by atoms with Crippen molar-refractivity contribution in [3.63, 3.8) is 0 Å². The second kappa shape index (κ2) is 13.2. The molecule has 0 heterocycles. The maximum atomic E-state index is 13.2. The van der Waals surface area contributed by atoms with Gasteiger partial charge in [-0.25, -0.2) is 0 Å². The summed E-state index contributed by atoms with van der Waals surface area (Å²) in [6.45, 7) is 9.35. The molecule has 5 heteroatoms. The number of thioether (sulfide) groups is 1. The Morgan fingerprint density at radius 2 is 1.68 bits per heavy atom. The monoisotopic (exact) mass is 440 g/mol. The van der Waals surface area contributed by atoms with E-state index < -0.39 is 6.04 Å². The highest BCUT2D eigenvalue weighted by molar-refractivity contribution is 7.99. The Morgan fingerprint density at radius 3 is 2.29 bits per heavy atom. The molecule has 2 amide bonds. The van der Waals surface area contributed by atoms with E-state index in [1.165, 1.54) is 16.7 Å². The fourth-order valence-corrected chi connectivity index (χ4v) is 4.21. The molecule has 0 aliphatic rings. The largest absolute Gasteiger partial charge is 0.354 e. The molecule has 2 aromatic rings. The average Bonchev–Trinajstić information content (AvgIpc) is 2.77. The second-order valence-electron chi connectivity index (χ2n) is 8.36. The van der Waals surface area contributed by atoms with Crippen LogP contribution in [0.2, 0.25) is 0 Å². The van der Waals surface area contributed by atoms with Gasteiger partial charge in [-0.15, -0.1) is 11.8 Å². The molecule has 1 atom stereocenters. The van der Waals surface area contributed by atoms with Gasteiger partial charge in [0.1, 0.15) is 6.04 Å². The number of aryl methyl sites for hydroxylation is 1. The Balaban J connectivity index is 2.03. The van der Waals surface area contributed by atoms with Crippen LogP contribution >= 0.6 is 11.8 Å². The maximum absolute atomic E-state index is 13.2. The SMILES string of the molecule is CC[C@@H](C(=O)NCC(C)C)N(CCc1ccccc1)C(=O)CSCc1ccc(C)cc1. The smallest absolute Gasteiger partial charge is 0.242 e. The number of rotatable bonds is 12. The normalized spacial score (nSPS) is 11.9. The molecule has 0 radical (unpaired) electrons. The summed E-state index contributed by atoms with van der Waals surface area (Å²) in [4.78, 5) is 27.8. The van der Waals surface area contributed by atoms with E-state index in [-0.39, 0.29) is 11.8 Å². The Bertz CT molecular complexity index is 806. The number of nitrogens with zero attached hydrogens (tertiary/aromatic N) is 1. The van der Waals surface area contributed by atoms with E-state index in [1.54, 1.807) is 16.7 Å². The lowest BCUT2D eigenvalue weighted by Crippen LogP contribution is -2.51. The van der Waals surface area contributed by atoms with Crippen LogP contribution in [-0.4, -0.2) is 41.6 Å². The molecule has 2 rings (SSSR count). The van der Waals surface area contributed by atoms with E-state index in [4.69, 9.17) is 0 Å². The first-order valence-electron chi connectivity index (χ1n) is 11.1. The molecule has 0 spiro atoms. The molecule has 0 saturated carbocycles. The van der Waals surface area contributed by atoms with E-state index in [2.05, 4.69) is 62.5 Å². The van der Waals surface area contributed by atoms with E-state index >= 15 is 0 Å².